The second-order valence-corrected chi connectivity index (χ2v) is 5.74. The highest BCUT2D eigenvalue weighted by Crippen LogP contribution is 2.20. The first-order chi connectivity index (χ1) is 11.6. The van der Waals surface area contributed by atoms with Crippen molar-refractivity contribution in [2.24, 2.45) is 0 Å². The number of aryl methyl sites for hydroxylation is 1. The molecule has 0 radical (unpaired) electrons. The Morgan fingerprint density at radius 3 is 2.12 bits per heavy atom. The van der Waals surface area contributed by atoms with Crippen LogP contribution in [0.1, 0.15) is 30.9 Å². The molecule has 0 spiro atoms. The standard InChI is InChI=1S/C20H24O4/c1-3-4-5-15-6-8-16(9-7-15)14-19(20(21)22)24-18-12-10-17(23-2)11-13-18/h6-13,19H,3-5,14H2,1-2H3,(H,21,22)/t19-/m0/s1. The van der Waals surface area contributed by atoms with Crippen molar-refractivity contribution in [1.82, 2.24) is 0 Å². The fourth-order valence-corrected chi connectivity index (χ4v) is 2.43. The molecule has 2 aromatic rings. The molecule has 24 heavy (non-hydrogen) atoms. The van der Waals surface area contributed by atoms with E-state index in [4.69, 9.17) is 9.47 Å². The number of carboxylic acids is 1. The van der Waals surface area contributed by atoms with E-state index in [2.05, 4.69) is 19.1 Å². The molecule has 0 unspecified atom stereocenters. The van der Waals surface area contributed by atoms with Crippen LogP contribution in [-0.2, 0) is 17.6 Å². The Balaban J connectivity index is 2.00. The van der Waals surface area contributed by atoms with Crippen molar-refractivity contribution in [2.75, 3.05) is 7.11 Å². The van der Waals surface area contributed by atoms with Crippen molar-refractivity contribution >= 4 is 5.97 Å². The molecule has 1 atom stereocenters. The zero-order chi connectivity index (χ0) is 17.4. The number of carboxylic acid groups (broad SMARTS) is 1. The summed E-state index contributed by atoms with van der Waals surface area (Å²) in [7, 11) is 1.58. The molecule has 0 bridgehead atoms. The van der Waals surface area contributed by atoms with E-state index in [0.717, 1.165) is 18.4 Å². The first-order valence-electron chi connectivity index (χ1n) is 8.23. The predicted octanol–water partition coefficient (Wildman–Crippen LogP) is 4.11. The minimum absolute atomic E-state index is 0.329. The topological polar surface area (TPSA) is 55.8 Å². The lowest BCUT2D eigenvalue weighted by Gasteiger charge is -2.16. The third kappa shape index (κ3) is 5.30. The Morgan fingerprint density at radius 2 is 1.58 bits per heavy atom. The Morgan fingerprint density at radius 1 is 1.00 bits per heavy atom. The lowest BCUT2D eigenvalue weighted by atomic mass is 10.0. The molecule has 0 fully saturated rings. The molecule has 0 aromatic heterocycles. The van der Waals surface area contributed by atoms with Crippen molar-refractivity contribution in [1.29, 1.82) is 0 Å². The predicted molar refractivity (Wildman–Crippen MR) is 93.8 cm³/mol. The van der Waals surface area contributed by atoms with Gasteiger partial charge in [-0.1, -0.05) is 37.6 Å². The van der Waals surface area contributed by atoms with Crippen LogP contribution < -0.4 is 9.47 Å². The number of unbranched alkanes of at least 4 members (excludes halogenated alkanes) is 1. The molecule has 1 N–H and O–H groups in total. The summed E-state index contributed by atoms with van der Waals surface area (Å²) in [4.78, 5) is 11.5. The number of benzene rings is 2. The van der Waals surface area contributed by atoms with Crippen LogP contribution in [0.4, 0.5) is 0 Å². The molecule has 0 heterocycles. The Hall–Kier alpha value is -2.49. The number of hydrogen-bond acceptors (Lipinski definition) is 3. The summed E-state index contributed by atoms with van der Waals surface area (Å²) in [5.74, 6) is 0.250. The third-order valence-electron chi connectivity index (χ3n) is 3.88. The van der Waals surface area contributed by atoms with Gasteiger partial charge in [0, 0.05) is 6.42 Å². The quantitative estimate of drug-likeness (QED) is 0.752. The van der Waals surface area contributed by atoms with E-state index in [1.54, 1.807) is 31.4 Å². The van der Waals surface area contributed by atoms with Gasteiger partial charge in [-0.25, -0.2) is 4.79 Å². The van der Waals surface area contributed by atoms with Gasteiger partial charge in [-0.05, 0) is 48.2 Å². The van der Waals surface area contributed by atoms with Gasteiger partial charge >= 0.3 is 5.97 Å². The molecule has 0 aliphatic heterocycles. The zero-order valence-electron chi connectivity index (χ0n) is 14.2. The molecule has 0 saturated heterocycles. The van der Waals surface area contributed by atoms with Crippen LogP contribution in [0.25, 0.3) is 0 Å². The van der Waals surface area contributed by atoms with Gasteiger partial charge in [0.1, 0.15) is 11.5 Å². The van der Waals surface area contributed by atoms with Gasteiger partial charge < -0.3 is 14.6 Å². The summed E-state index contributed by atoms with van der Waals surface area (Å²) in [5.41, 5.74) is 2.24. The van der Waals surface area contributed by atoms with E-state index in [1.165, 1.54) is 12.0 Å². The lowest BCUT2D eigenvalue weighted by molar-refractivity contribution is -0.145. The summed E-state index contributed by atoms with van der Waals surface area (Å²) >= 11 is 0. The van der Waals surface area contributed by atoms with Crippen molar-refractivity contribution in [3.63, 3.8) is 0 Å². The van der Waals surface area contributed by atoms with Gasteiger partial charge in [0.05, 0.1) is 7.11 Å². The highest BCUT2D eigenvalue weighted by Gasteiger charge is 2.20. The maximum Gasteiger partial charge on any atom is 0.345 e. The SMILES string of the molecule is CCCCc1ccc(C[C@H](Oc2ccc(OC)cc2)C(=O)O)cc1. The molecule has 128 valence electrons. The van der Waals surface area contributed by atoms with Gasteiger partial charge in [0.2, 0.25) is 0 Å². The monoisotopic (exact) mass is 328 g/mol. The molecule has 0 amide bonds. The smallest absolute Gasteiger partial charge is 0.345 e. The summed E-state index contributed by atoms with van der Waals surface area (Å²) < 4.78 is 10.7. The van der Waals surface area contributed by atoms with E-state index in [9.17, 15) is 9.90 Å². The first kappa shape index (κ1) is 17.9. The third-order valence-corrected chi connectivity index (χ3v) is 3.88. The maximum atomic E-state index is 11.5. The Bertz CT molecular complexity index is 632. The summed E-state index contributed by atoms with van der Waals surface area (Å²) in [6, 6.07) is 15.0. The average Bonchev–Trinajstić information content (AvgIpc) is 2.61. The highest BCUT2D eigenvalue weighted by molar-refractivity contribution is 5.73. The number of aliphatic carboxylic acids is 1. The highest BCUT2D eigenvalue weighted by atomic mass is 16.5. The molecule has 4 nitrogen and oxygen atoms in total. The Kier molecular flexibility index (Phi) is 6.67. The molecule has 2 rings (SSSR count). The second-order valence-electron chi connectivity index (χ2n) is 5.74. The van der Waals surface area contributed by atoms with E-state index in [0.29, 0.717) is 17.9 Å². The zero-order valence-corrected chi connectivity index (χ0v) is 14.2. The summed E-state index contributed by atoms with van der Waals surface area (Å²) in [6.45, 7) is 2.17. The van der Waals surface area contributed by atoms with E-state index in [1.807, 2.05) is 12.1 Å². The normalized spacial score (nSPS) is 11.8. The van der Waals surface area contributed by atoms with Crippen molar-refractivity contribution in [2.45, 2.75) is 38.7 Å². The molecule has 2 aromatic carbocycles. The first-order valence-corrected chi connectivity index (χ1v) is 8.23. The minimum atomic E-state index is -0.971. The van der Waals surface area contributed by atoms with Crippen molar-refractivity contribution < 1.29 is 19.4 Å². The number of carbonyl (C=O) groups is 1. The number of rotatable bonds is 9. The minimum Gasteiger partial charge on any atom is -0.497 e. The van der Waals surface area contributed by atoms with Gasteiger partial charge in [-0.15, -0.1) is 0 Å². The average molecular weight is 328 g/mol. The molecule has 0 aliphatic carbocycles. The van der Waals surface area contributed by atoms with Crippen LogP contribution in [0.2, 0.25) is 0 Å². The van der Waals surface area contributed by atoms with E-state index in [-0.39, 0.29) is 0 Å². The molecular formula is C20H24O4. The molecular weight excluding hydrogens is 304 g/mol. The lowest BCUT2D eigenvalue weighted by Crippen LogP contribution is -2.29. The van der Waals surface area contributed by atoms with Crippen LogP contribution in [-0.4, -0.2) is 24.3 Å². The van der Waals surface area contributed by atoms with Gasteiger partial charge in [0.25, 0.3) is 0 Å². The van der Waals surface area contributed by atoms with Gasteiger partial charge in [-0.2, -0.15) is 0 Å². The Labute approximate surface area is 143 Å². The van der Waals surface area contributed by atoms with Crippen LogP contribution in [0, 0.1) is 0 Å². The van der Waals surface area contributed by atoms with Crippen LogP contribution in [0.5, 0.6) is 11.5 Å². The van der Waals surface area contributed by atoms with Crippen molar-refractivity contribution in [3.05, 3.63) is 59.7 Å². The fraction of sp³-hybridized carbons (Fsp3) is 0.350. The van der Waals surface area contributed by atoms with Gasteiger partial charge in [-0.3, -0.25) is 0 Å². The summed E-state index contributed by atoms with van der Waals surface area (Å²) in [5, 5.41) is 9.42. The fourth-order valence-electron chi connectivity index (χ4n) is 2.43. The van der Waals surface area contributed by atoms with Gasteiger partial charge in [0.15, 0.2) is 6.10 Å². The van der Waals surface area contributed by atoms with Crippen LogP contribution in [0.3, 0.4) is 0 Å². The maximum absolute atomic E-state index is 11.5. The molecule has 0 saturated carbocycles. The number of methoxy groups -OCH3 is 1. The van der Waals surface area contributed by atoms with Crippen molar-refractivity contribution in [3.8, 4) is 11.5 Å². The number of hydrogen-bond donors (Lipinski definition) is 1. The molecule has 0 aliphatic rings. The van der Waals surface area contributed by atoms with E-state index < -0.39 is 12.1 Å². The van der Waals surface area contributed by atoms with Crippen LogP contribution >= 0.6 is 0 Å². The van der Waals surface area contributed by atoms with Crippen LogP contribution in [0.15, 0.2) is 48.5 Å². The second kappa shape index (κ2) is 8.96. The summed E-state index contributed by atoms with van der Waals surface area (Å²) in [6.07, 6.45) is 2.80. The number of ether oxygens (including phenoxy) is 2. The molecule has 4 heteroatoms. The van der Waals surface area contributed by atoms with E-state index >= 15 is 0 Å². The largest absolute Gasteiger partial charge is 0.497 e.